The number of hydrogen-bond donors (Lipinski definition) is 2. The number of nitrogens with one attached hydrogen (secondary N) is 2. The lowest BCUT2D eigenvalue weighted by atomic mass is 9.80. The molecule has 2 nitrogen and oxygen atoms in total. The molecule has 0 spiro atoms. The van der Waals surface area contributed by atoms with Crippen molar-refractivity contribution in [1.29, 1.82) is 0 Å². The fraction of sp³-hybridized carbons (Fsp3) is 0.824. The highest BCUT2D eigenvalue weighted by atomic mass is 14.9. The fourth-order valence-corrected chi connectivity index (χ4v) is 2.17. The lowest BCUT2D eigenvalue weighted by molar-refractivity contribution is 0.307. The molecule has 0 aromatic rings. The zero-order valence-electron chi connectivity index (χ0n) is 13.7. The SMILES string of the molecule is CCCC[C@](C=C=C(C)C)(CC)CNCCCNC. The zero-order chi connectivity index (χ0) is 14.6. The predicted molar refractivity (Wildman–Crippen MR) is 86.6 cm³/mol. The van der Waals surface area contributed by atoms with E-state index in [4.69, 9.17) is 0 Å². The maximum absolute atomic E-state index is 3.62. The molecule has 0 saturated carbocycles. The van der Waals surface area contributed by atoms with Gasteiger partial charge in [0.05, 0.1) is 0 Å². The van der Waals surface area contributed by atoms with E-state index in [0.29, 0.717) is 0 Å². The second kappa shape index (κ2) is 11.3. The van der Waals surface area contributed by atoms with Gasteiger partial charge in [-0.15, -0.1) is 5.73 Å². The first-order valence-corrected chi connectivity index (χ1v) is 7.86. The number of unbranched alkanes of at least 4 members (excludes halogenated alkanes) is 1. The Morgan fingerprint density at radius 3 is 2.42 bits per heavy atom. The molecule has 0 aliphatic rings. The molecule has 0 amide bonds. The van der Waals surface area contributed by atoms with Gasteiger partial charge in [-0.2, -0.15) is 0 Å². The Hall–Kier alpha value is -0.560. The topological polar surface area (TPSA) is 24.1 Å². The van der Waals surface area contributed by atoms with Gasteiger partial charge in [0.15, 0.2) is 0 Å². The molecule has 0 aliphatic carbocycles. The molecule has 0 unspecified atom stereocenters. The van der Waals surface area contributed by atoms with E-state index in [1.54, 1.807) is 0 Å². The van der Waals surface area contributed by atoms with Gasteiger partial charge >= 0.3 is 0 Å². The molecule has 0 rings (SSSR count). The van der Waals surface area contributed by atoms with E-state index in [-0.39, 0.29) is 5.41 Å². The van der Waals surface area contributed by atoms with Crippen molar-refractivity contribution in [2.45, 2.75) is 59.8 Å². The molecule has 0 fully saturated rings. The second-order valence-corrected chi connectivity index (χ2v) is 5.74. The summed E-state index contributed by atoms with van der Waals surface area (Å²) in [6.45, 7) is 12.1. The molecular formula is C17H34N2. The minimum Gasteiger partial charge on any atom is -0.320 e. The smallest absolute Gasteiger partial charge is 0.00796 e. The molecule has 0 radical (unpaired) electrons. The maximum Gasteiger partial charge on any atom is 0.00796 e. The van der Waals surface area contributed by atoms with Crippen LogP contribution in [0.25, 0.3) is 0 Å². The summed E-state index contributed by atoms with van der Waals surface area (Å²) in [6, 6.07) is 0. The van der Waals surface area contributed by atoms with Crippen molar-refractivity contribution in [3.8, 4) is 0 Å². The average Bonchev–Trinajstić information content (AvgIpc) is 2.41. The summed E-state index contributed by atoms with van der Waals surface area (Å²) in [5, 5.41) is 6.81. The molecule has 0 saturated heterocycles. The third-order valence-corrected chi connectivity index (χ3v) is 3.66. The fourth-order valence-electron chi connectivity index (χ4n) is 2.17. The van der Waals surface area contributed by atoms with Gasteiger partial charge in [0.25, 0.3) is 0 Å². The van der Waals surface area contributed by atoms with Crippen LogP contribution in [0.5, 0.6) is 0 Å². The summed E-state index contributed by atoms with van der Waals surface area (Å²) in [7, 11) is 2.01. The summed E-state index contributed by atoms with van der Waals surface area (Å²) in [5.41, 5.74) is 4.99. The Balaban J connectivity index is 4.50. The highest BCUT2D eigenvalue weighted by molar-refractivity contribution is 5.04. The normalized spacial score (nSPS) is 13.7. The van der Waals surface area contributed by atoms with E-state index >= 15 is 0 Å². The largest absolute Gasteiger partial charge is 0.320 e. The van der Waals surface area contributed by atoms with Gasteiger partial charge in [0.2, 0.25) is 0 Å². The van der Waals surface area contributed by atoms with Crippen molar-refractivity contribution in [2.24, 2.45) is 5.41 Å². The molecule has 0 heterocycles. The van der Waals surface area contributed by atoms with E-state index in [1.165, 1.54) is 37.7 Å². The zero-order valence-corrected chi connectivity index (χ0v) is 13.7. The molecule has 0 aromatic carbocycles. The van der Waals surface area contributed by atoms with Gasteiger partial charge in [-0.05, 0) is 64.9 Å². The Labute approximate surface area is 120 Å². The Morgan fingerprint density at radius 1 is 1.16 bits per heavy atom. The second-order valence-electron chi connectivity index (χ2n) is 5.74. The van der Waals surface area contributed by atoms with Crippen molar-refractivity contribution in [2.75, 3.05) is 26.7 Å². The highest BCUT2D eigenvalue weighted by Crippen LogP contribution is 2.29. The van der Waals surface area contributed by atoms with Crippen LogP contribution in [0.3, 0.4) is 0 Å². The molecule has 1 atom stereocenters. The van der Waals surface area contributed by atoms with Gasteiger partial charge in [-0.3, -0.25) is 0 Å². The van der Waals surface area contributed by atoms with Crippen LogP contribution in [0, 0.1) is 5.41 Å². The van der Waals surface area contributed by atoms with Crippen LogP contribution in [0.15, 0.2) is 17.4 Å². The van der Waals surface area contributed by atoms with E-state index in [2.05, 4.69) is 50.1 Å². The molecule has 0 aliphatic heterocycles. The van der Waals surface area contributed by atoms with Gasteiger partial charge in [0, 0.05) is 12.0 Å². The van der Waals surface area contributed by atoms with Gasteiger partial charge in [-0.1, -0.05) is 26.7 Å². The molecule has 2 N–H and O–H groups in total. The Bertz CT molecular complexity index is 273. The van der Waals surface area contributed by atoms with Crippen LogP contribution in [0.2, 0.25) is 0 Å². The Morgan fingerprint density at radius 2 is 1.89 bits per heavy atom. The van der Waals surface area contributed by atoms with Crippen molar-refractivity contribution >= 4 is 0 Å². The third-order valence-electron chi connectivity index (χ3n) is 3.66. The van der Waals surface area contributed by atoms with Crippen molar-refractivity contribution in [1.82, 2.24) is 10.6 Å². The summed E-state index contributed by atoms with van der Waals surface area (Å²) >= 11 is 0. The van der Waals surface area contributed by atoms with E-state index in [1.807, 2.05) is 7.05 Å². The Kier molecular flexibility index (Phi) is 10.9. The van der Waals surface area contributed by atoms with Crippen LogP contribution in [0.4, 0.5) is 0 Å². The highest BCUT2D eigenvalue weighted by Gasteiger charge is 2.23. The van der Waals surface area contributed by atoms with E-state index < -0.39 is 0 Å². The monoisotopic (exact) mass is 266 g/mol. The van der Waals surface area contributed by atoms with Crippen LogP contribution in [-0.4, -0.2) is 26.7 Å². The van der Waals surface area contributed by atoms with E-state index in [0.717, 1.165) is 19.6 Å². The first-order chi connectivity index (χ1) is 9.10. The average molecular weight is 266 g/mol. The molecule has 19 heavy (non-hydrogen) atoms. The van der Waals surface area contributed by atoms with Crippen LogP contribution in [0.1, 0.15) is 59.8 Å². The minimum absolute atomic E-state index is 0.285. The number of rotatable bonds is 11. The summed E-state index contributed by atoms with van der Waals surface area (Å²) < 4.78 is 0. The van der Waals surface area contributed by atoms with Crippen molar-refractivity contribution in [3.63, 3.8) is 0 Å². The summed E-state index contributed by atoms with van der Waals surface area (Å²) in [6.07, 6.45) is 8.53. The summed E-state index contributed by atoms with van der Waals surface area (Å²) in [4.78, 5) is 0. The summed E-state index contributed by atoms with van der Waals surface area (Å²) in [5.74, 6) is 0. The van der Waals surface area contributed by atoms with Gasteiger partial charge in [-0.25, -0.2) is 0 Å². The molecule has 2 heteroatoms. The van der Waals surface area contributed by atoms with E-state index in [9.17, 15) is 0 Å². The first-order valence-electron chi connectivity index (χ1n) is 7.86. The van der Waals surface area contributed by atoms with Gasteiger partial charge < -0.3 is 10.6 Å². The number of hydrogen-bond acceptors (Lipinski definition) is 2. The third kappa shape index (κ3) is 9.04. The van der Waals surface area contributed by atoms with Crippen LogP contribution in [-0.2, 0) is 0 Å². The maximum atomic E-state index is 3.62. The van der Waals surface area contributed by atoms with Gasteiger partial charge in [0.1, 0.15) is 0 Å². The lowest BCUT2D eigenvalue weighted by Crippen LogP contribution is -2.33. The minimum atomic E-state index is 0.285. The quantitative estimate of drug-likeness (QED) is 0.438. The molecule has 112 valence electrons. The molecule has 0 bridgehead atoms. The molecular weight excluding hydrogens is 232 g/mol. The first kappa shape index (κ1) is 18.4. The van der Waals surface area contributed by atoms with Crippen LogP contribution >= 0.6 is 0 Å². The van der Waals surface area contributed by atoms with Crippen molar-refractivity contribution in [3.05, 3.63) is 17.4 Å². The van der Waals surface area contributed by atoms with Crippen molar-refractivity contribution < 1.29 is 0 Å². The predicted octanol–water partition coefficient (Wildman–Crippen LogP) is 3.89. The molecule has 0 aromatic heterocycles. The lowest BCUT2D eigenvalue weighted by Gasteiger charge is -2.29. The van der Waals surface area contributed by atoms with Crippen LogP contribution < -0.4 is 10.6 Å². The standard InChI is InChI=1S/C17H34N2/c1-6-8-11-17(7-2,12-10-16(3)4)15-19-14-9-13-18-5/h12,18-19H,6-9,11,13-15H2,1-5H3/t17-/m0/s1.